The van der Waals surface area contributed by atoms with E-state index in [-0.39, 0.29) is 0 Å². The lowest BCUT2D eigenvalue weighted by Crippen LogP contribution is -2.70. The van der Waals surface area contributed by atoms with Crippen LogP contribution in [0.2, 0.25) is 19.6 Å². The van der Waals surface area contributed by atoms with Gasteiger partial charge < -0.3 is 0 Å². The van der Waals surface area contributed by atoms with Crippen LogP contribution >= 0.6 is 0 Å². The molecule has 0 radical (unpaired) electrons. The van der Waals surface area contributed by atoms with Crippen LogP contribution in [0.5, 0.6) is 0 Å². The summed E-state index contributed by atoms with van der Waals surface area (Å²) < 4.78 is 0. The van der Waals surface area contributed by atoms with Gasteiger partial charge in [-0.15, -0.1) is 0 Å². The Bertz CT molecular complexity index is 1290. The summed E-state index contributed by atoms with van der Waals surface area (Å²) in [5.74, 6) is 0.447. The average molecular weight is 481 g/mol. The van der Waals surface area contributed by atoms with E-state index in [4.69, 9.17) is 0 Å². The third-order valence-electron chi connectivity index (χ3n) is 8.18. The zero-order chi connectivity index (χ0) is 24.8. The monoisotopic (exact) mass is 480 g/mol. The molecule has 0 saturated carbocycles. The van der Waals surface area contributed by atoms with Gasteiger partial charge in [-0.1, -0.05) is 132 Å². The van der Waals surface area contributed by atoms with Gasteiger partial charge in [-0.25, -0.2) is 0 Å². The van der Waals surface area contributed by atoms with Gasteiger partial charge in [0.2, 0.25) is 0 Å². The molecule has 0 N–H and O–H groups in total. The fourth-order valence-corrected chi connectivity index (χ4v) is 13.4. The van der Waals surface area contributed by atoms with Gasteiger partial charge in [0.25, 0.3) is 0 Å². The number of benzene rings is 3. The predicted octanol–water partition coefficient (Wildman–Crippen LogP) is 6.16. The van der Waals surface area contributed by atoms with Crippen LogP contribution < -0.4 is 20.7 Å². The Morgan fingerprint density at radius 1 is 0.618 bits per heavy atom. The molecule has 0 heterocycles. The molecule has 0 nitrogen and oxygen atoms in total. The molecule has 1 aliphatic rings. The molecule has 34 heavy (non-hydrogen) atoms. The molecule has 176 valence electrons. The molecule has 0 amide bonds. The van der Waals surface area contributed by atoms with E-state index in [9.17, 15) is 0 Å². The zero-order valence-corrected chi connectivity index (χ0v) is 24.5. The quantitative estimate of drug-likeness (QED) is 0.303. The Labute approximate surface area is 209 Å². The van der Waals surface area contributed by atoms with Crippen molar-refractivity contribution in [2.45, 2.75) is 61.2 Å². The van der Waals surface area contributed by atoms with Crippen LogP contribution in [0.3, 0.4) is 0 Å². The number of hydrogen-bond acceptors (Lipinski definition) is 0. The molecule has 0 saturated heterocycles. The highest BCUT2D eigenvalue weighted by Crippen LogP contribution is 2.41. The molecule has 0 spiro atoms. The van der Waals surface area contributed by atoms with E-state index in [1.165, 1.54) is 38.2 Å². The van der Waals surface area contributed by atoms with E-state index in [1.807, 2.05) is 0 Å². The Balaban J connectivity index is 2.24. The maximum absolute atomic E-state index is 2.61. The van der Waals surface area contributed by atoms with Crippen molar-refractivity contribution in [1.82, 2.24) is 0 Å². The first-order chi connectivity index (χ1) is 16.0. The van der Waals surface area contributed by atoms with E-state index >= 15 is 0 Å². The van der Waals surface area contributed by atoms with E-state index in [1.54, 1.807) is 15.6 Å². The first-order valence-corrected chi connectivity index (χ1v) is 18.1. The van der Waals surface area contributed by atoms with Crippen molar-refractivity contribution in [3.8, 4) is 0 Å². The van der Waals surface area contributed by atoms with Crippen molar-refractivity contribution in [3.05, 3.63) is 106 Å². The number of allylic oxidation sites excluding steroid dienone is 4. The van der Waals surface area contributed by atoms with Gasteiger partial charge in [-0.3, -0.25) is 0 Å². The summed E-state index contributed by atoms with van der Waals surface area (Å²) in [5, 5.41) is 7.83. The third-order valence-corrected chi connectivity index (χ3v) is 15.5. The summed E-state index contributed by atoms with van der Waals surface area (Å²) in [6, 6.07) is 28.2. The highest BCUT2D eigenvalue weighted by atomic mass is 28.3. The fraction of sp³-hybridized carbons (Fsp3) is 0.312. The summed E-state index contributed by atoms with van der Waals surface area (Å²) in [5.41, 5.74) is 7.33. The Kier molecular flexibility index (Phi) is 6.52. The maximum atomic E-state index is 2.61. The minimum absolute atomic E-state index is 0.447. The standard InChI is InChI=1S/C32H40Si2/c1-22-19-29(33(7,8)9)21-30(20-22)34(28-16-11-10-12-17-28,31-18-14-13-15-23(31)2)32-26(5)24(3)25(4)27(32)6/h10-21,26H,1-9H3. The van der Waals surface area contributed by atoms with Crippen molar-refractivity contribution in [2.75, 3.05) is 0 Å². The summed E-state index contributed by atoms with van der Waals surface area (Å²) in [4.78, 5) is 0. The largest absolute Gasteiger partial charge is 0.176 e. The molecule has 2 heteroatoms. The minimum atomic E-state index is -2.53. The summed E-state index contributed by atoms with van der Waals surface area (Å²) in [6.45, 7) is 21.6. The molecule has 3 aromatic rings. The molecule has 1 aliphatic carbocycles. The second-order valence-corrected chi connectivity index (χ2v) is 20.1. The lowest BCUT2D eigenvalue weighted by atomic mass is 10.1. The van der Waals surface area contributed by atoms with Gasteiger partial charge in [-0.2, -0.15) is 0 Å². The van der Waals surface area contributed by atoms with Gasteiger partial charge in [-0.05, 0) is 61.7 Å². The van der Waals surface area contributed by atoms with E-state index < -0.39 is 16.1 Å². The van der Waals surface area contributed by atoms with Crippen molar-refractivity contribution >= 4 is 36.9 Å². The summed E-state index contributed by atoms with van der Waals surface area (Å²) in [7, 11) is -4.02. The van der Waals surface area contributed by atoms with Crippen LogP contribution in [-0.4, -0.2) is 16.1 Å². The van der Waals surface area contributed by atoms with Crippen LogP contribution in [-0.2, 0) is 0 Å². The van der Waals surface area contributed by atoms with Crippen LogP contribution in [0.25, 0.3) is 0 Å². The van der Waals surface area contributed by atoms with Gasteiger partial charge in [0.05, 0.1) is 8.07 Å². The molecule has 0 aliphatic heterocycles. The number of rotatable bonds is 5. The van der Waals surface area contributed by atoms with Gasteiger partial charge in [0.1, 0.15) is 0 Å². The second-order valence-electron chi connectivity index (χ2n) is 11.3. The summed E-state index contributed by atoms with van der Waals surface area (Å²) >= 11 is 0. The molecule has 3 aromatic carbocycles. The minimum Gasteiger partial charge on any atom is -0.0656 e. The van der Waals surface area contributed by atoms with Crippen LogP contribution in [0.4, 0.5) is 0 Å². The average Bonchev–Trinajstić information content (AvgIpc) is 2.99. The SMILES string of the molecule is CC1=C(C)C(C)C([Si](c2ccccc2)(c2cc(C)cc([Si](C)(C)C)c2)c2ccccc2C)=C1C. The smallest absolute Gasteiger partial charge is 0.0656 e. The predicted molar refractivity (Wildman–Crippen MR) is 157 cm³/mol. The van der Waals surface area contributed by atoms with Gasteiger partial charge in [0, 0.05) is 0 Å². The lowest BCUT2D eigenvalue weighted by molar-refractivity contribution is 0.851. The van der Waals surface area contributed by atoms with Crippen molar-refractivity contribution in [2.24, 2.45) is 5.92 Å². The molecular formula is C32H40Si2. The number of hydrogen-bond donors (Lipinski definition) is 0. The number of aryl methyl sites for hydroxylation is 2. The highest BCUT2D eigenvalue weighted by molar-refractivity contribution is 7.16. The molecular weight excluding hydrogens is 441 g/mol. The van der Waals surface area contributed by atoms with Crippen LogP contribution in [0.1, 0.15) is 38.8 Å². The molecule has 4 rings (SSSR count). The Morgan fingerprint density at radius 3 is 1.76 bits per heavy atom. The topological polar surface area (TPSA) is 0 Å². The highest BCUT2D eigenvalue weighted by Gasteiger charge is 2.48. The molecule has 0 bridgehead atoms. The van der Waals surface area contributed by atoms with Crippen LogP contribution in [0, 0.1) is 19.8 Å². The van der Waals surface area contributed by atoms with Crippen molar-refractivity contribution in [1.29, 1.82) is 0 Å². The van der Waals surface area contributed by atoms with Crippen molar-refractivity contribution in [3.63, 3.8) is 0 Å². The molecule has 0 fully saturated rings. The normalized spacial score (nSPS) is 18.4. The maximum Gasteiger partial charge on any atom is 0.176 e. The first kappa shape index (κ1) is 24.7. The fourth-order valence-electron chi connectivity index (χ4n) is 6.02. The Hall–Kier alpha value is -2.43. The van der Waals surface area contributed by atoms with Crippen molar-refractivity contribution < 1.29 is 0 Å². The first-order valence-electron chi connectivity index (χ1n) is 12.6. The summed E-state index contributed by atoms with van der Waals surface area (Å²) in [6.07, 6.45) is 0. The molecule has 0 aromatic heterocycles. The van der Waals surface area contributed by atoms with E-state index in [0.29, 0.717) is 5.92 Å². The lowest BCUT2D eigenvalue weighted by Gasteiger charge is -2.40. The molecule has 2 atom stereocenters. The van der Waals surface area contributed by atoms with E-state index in [2.05, 4.69) is 134 Å². The second kappa shape index (κ2) is 8.98. The molecule has 2 unspecified atom stereocenters. The zero-order valence-electron chi connectivity index (χ0n) is 22.5. The van der Waals surface area contributed by atoms with E-state index in [0.717, 1.165) is 0 Å². The Morgan fingerprint density at radius 2 is 1.21 bits per heavy atom. The van der Waals surface area contributed by atoms with Gasteiger partial charge in [0.15, 0.2) is 8.07 Å². The third kappa shape index (κ3) is 3.91. The van der Waals surface area contributed by atoms with Crippen LogP contribution in [0.15, 0.2) is 94.7 Å². The van der Waals surface area contributed by atoms with Gasteiger partial charge >= 0.3 is 0 Å².